The Labute approximate surface area is 126 Å². The highest BCUT2D eigenvalue weighted by atomic mass is 14.7. The predicted molar refractivity (Wildman–Crippen MR) is 89.0 cm³/mol. The largest absolute Gasteiger partial charge is 0.318 e. The van der Waals surface area contributed by atoms with Gasteiger partial charge in [0.15, 0.2) is 0 Å². The maximum atomic E-state index is 6.55. The van der Waals surface area contributed by atoms with Crippen molar-refractivity contribution < 1.29 is 0 Å². The zero-order valence-electron chi connectivity index (χ0n) is 12.2. The first-order valence-corrected chi connectivity index (χ1v) is 7.18. The minimum atomic E-state index is -0.476. The van der Waals surface area contributed by atoms with Gasteiger partial charge in [-0.1, -0.05) is 84.9 Å². The highest BCUT2D eigenvalue weighted by molar-refractivity contribution is 5.63. The van der Waals surface area contributed by atoms with E-state index in [0.717, 1.165) is 11.1 Å². The molecule has 0 saturated carbocycles. The first-order valence-electron chi connectivity index (χ1n) is 7.18. The van der Waals surface area contributed by atoms with E-state index in [-0.39, 0.29) is 0 Å². The number of hydrogen-bond acceptors (Lipinski definition) is 1. The maximum absolute atomic E-state index is 6.55. The van der Waals surface area contributed by atoms with Gasteiger partial charge < -0.3 is 5.73 Å². The molecule has 104 valence electrons. The van der Waals surface area contributed by atoms with Crippen molar-refractivity contribution in [3.05, 3.63) is 96.1 Å². The molecule has 1 unspecified atom stereocenters. The molecule has 1 atom stereocenters. The first-order chi connectivity index (χ1) is 10.2. The normalized spacial score (nSPS) is 13.6. The fraction of sp³-hybridized carbons (Fsp3) is 0.100. The maximum Gasteiger partial charge on any atom is 0.0636 e. The Morgan fingerprint density at radius 1 is 0.571 bits per heavy atom. The van der Waals surface area contributed by atoms with Crippen molar-refractivity contribution in [2.75, 3.05) is 0 Å². The van der Waals surface area contributed by atoms with Crippen molar-refractivity contribution in [2.24, 2.45) is 5.73 Å². The van der Waals surface area contributed by atoms with E-state index in [4.69, 9.17) is 5.73 Å². The monoisotopic (exact) mass is 273 g/mol. The van der Waals surface area contributed by atoms with Gasteiger partial charge in [-0.05, 0) is 29.2 Å². The average Bonchev–Trinajstić information content (AvgIpc) is 2.57. The molecule has 0 radical (unpaired) electrons. The second-order valence-corrected chi connectivity index (χ2v) is 5.51. The van der Waals surface area contributed by atoms with Gasteiger partial charge in [0, 0.05) is 0 Å². The minimum Gasteiger partial charge on any atom is -0.318 e. The van der Waals surface area contributed by atoms with Crippen LogP contribution in [0.2, 0.25) is 0 Å². The highest BCUT2D eigenvalue weighted by Gasteiger charge is 2.23. The molecule has 3 rings (SSSR count). The van der Waals surface area contributed by atoms with E-state index in [0.29, 0.717) is 0 Å². The molecule has 0 saturated heterocycles. The lowest BCUT2D eigenvalue weighted by molar-refractivity contribution is 0.603. The van der Waals surface area contributed by atoms with Gasteiger partial charge >= 0.3 is 0 Å². The summed E-state index contributed by atoms with van der Waals surface area (Å²) in [6.45, 7) is 2.06. The second-order valence-electron chi connectivity index (χ2n) is 5.51. The fourth-order valence-corrected chi connectivity index (χ4v) is 2.59. The Kier molecular flexibility index (Phi) is 3.59. The van der Waals surface area contributed by atoms with Crippen molar-refractivity contribution in [3.63, 3.8) is 0 Å². The zero-order valence-corrected chi connectivity index (χ0v) is 12.2. The third kappa shape index (κ3) is 2.74. The van der Waals surface area contributed by atoms with Crippen molar-refractivity contribution in [2.45, 2.75) is 12.5 Å². The van der Waals surface area contributed by atoms with Gasteiger partial charge in [-0.3, -0.25) is 0 Å². The first kappa shape index (κ1) is 13.6. The summed E-state index contributed by atoms with van der Waals surface area (Å²) >= 11 is 0. The van der Waals surface area contributed by atoms with Crippen LogP contribution in [-0.4, -0.2) is 0 Å². The molecule has 2 N–H and O–H groups in total. The molecule has 0 heterocycles. The lowest BCUT2D eigenvalue weighted by Gasteiger charge is -2.26. The number of benzene rings is 3. The molecule has 1 heteroatoms. The Balaban J connectivity index is 1.94. The molecule has 0 spiro atoms. The number of nitrogens with two attached hydrogens (primary N) is 1. The van der Waals surface area contributed by atoms with Gasteiger partial charge in [-0.2, -0.15) is 0 Å². The van der Waals surface area contributed by atoms with E-state index in [2.05, 4.69) is 67.6 Å². The summed E-state index contributed by atoms with van der Waals surface area (Å²) in [4.78, 5) is 0. The summed E-state index contributed by atoms with van der Waals surface area (Å²) in [6.07, 6.45) is 0. The van der Waals surface area contributed by atoms with Gasteiger partial charge in [0.2, 0.25) is 0 Å². The van der Waals surface area contributed by atoms with Crippen molar-refractivity contribution in [3.8, 4) is 11.1 Å². The van der Waals surface area contributed by atoms with Gasteiger partial charge in [0.1, 0.15) is 0 Å². The standard InChI is InChI=1S/C20H19N/c1-20(21,18-10-6-3-7-11-18)19-14-12-17(13-15-19)16-8-4-2-5-9-16/h2-15H,21H2,1H3. The number of rotatable bonds is 3. The molecule has 3 aromatic carbocycles. The van der Waals surface area contributed by atoms with E-state index >= 15 is 0 Å². The average molecular weight is 273 g/mol. The van der Waals surface area contributed by atoms with Crippen LogP contribution >= 0.6 is 0 Å². The van der Waals surface area contributed by atoms with Crippen LogP contribution in [0.15, 0.2) is 84.9 Å². The van der Waals surface area contributed by atoms with Crippen LogP contribution in [0.3, 0.4) is 0 Å². The molecule has 0 aliphatic rings. The van der Waals surface area contributed by atoms with Crippen molar-refractivity contribution >= 4 is 0 Å². The Hall–Kier alpha value is -2.38. The zero-order chi connectivity index (χ0) is 14.7. The Morgan fingerprint density at radius 2 is 1.00 bits per heavy atom. The third-order valence-electron chi connectivity index (χ3n) is 3.97. The topological polar surface area (TPSA) is 26.0 Å². The second kappa shape index (κ2) is 5.55. The van der Waals surface area contributed by atoms with E-state index in [1.807, 2.05) is 24.3 Å². The SMILES string of the molecule is CC(N)(c1ccccc1)c1ccc(-c2ccccc2)cc1. The summed E-state index contributed by atoms with van der Waals surface area (Å²) in [7, 11) is 0. The Morgan fingerprint density at radius 3 is 1.57 bits per heavy atom. The highest BCUT2D eigenvalue weighted by Crippen LogP contribution is 2.28. The molecule has 0 aromatic heterocycles. The van der Waals surface area contributed by atoms with Crippen LogP contribution in [-0.2, 0) is 5.54 Å². The summed E-state index contributed by atoms with van der Waals surface area (Å²) in [5.74, 6) is 0. The minimum absolute atomic E-state index is 0.476. The molecule has 0 aliphatic carbocycles. The summed E-state index contributed by atoms with van der Waals surface area (Å²) < 4.78 is 0. The van der Waals surface area contributed by atoms with E-state index in [9.17, 15) is 0 Å². The lowest BCUT2D eigenvalue weighted by Crippen LogP contribution is -2.34. The van der Waals surface area contributed by atoms with Crippen LogP contribution in [0.25, 0.3) is 11.1 Å². The summed E-state index contributed by atoms with van der Waals surface area (Å²) in [6, 6.07) is 29.1. The fourth-order valence-electron chi connectivity index (χ4n) is 2.59. The molecular weight excluding hydrogens is 254 g/mol. The summed E-state index contributed by atoms with van der Waals surface area (Å²) in [5.41, 5.74) is 10.7. The van der Waals surface area contributed by atoms with E-state index in [1.54, 1.807) is 0 Å². The van der Waals surface area contributed by atoms with E-state index in [1.165, 1.54) is 11.1 Å². The van der Waals surface area contributed by atoms with Crippen LogP contribution in [0.5, 0.6) is 0 Å². The molecule has 3 aromatic rings. The molecule has 0 bridgehead atoms. The molecule has 0 aliphatic heterocycles. The van der Waals surface area contributed by atoms with Gasteiger partial charge in [-0.15, -0.1) is 0 Å². The molecule has 0 fully saturated rings. The van der Waals surface area contributed by atoms with Gasteiger partial charge in [-0.25, -0.2) is 0 Å². The van der Waals surface area contributed by atoms with Gasteiger partial charge in [0.05, 0.1) is 5.54 Å². The van der Waals surface area contributed by atoms with Crippen molar-refractivity contribution in [1.29, 1.82) is 0 Å². The van der Waals surface area contributed by atoms with Crippen LogP contribution in [0.1, 0.15) is 18.1 Å². The van der Waals surface area contributed by atoms with Crippen LogP contribution in [0, 0.1) is 0 Å². The van der Waals surface area contributed by atoms with Crippen LogP contribution in [0.4, 0.5) is 0 Å². The predicted octanol–water partition coefficient (Wildman–Crippen LogP) is 4.58. The summed E-state index contributed by atoms with van der Waals surface area (Å²) in [5, 5.41) is 0. The molecular formula is C20H19N. The Bertz CT molecular complexity index is 698. The molecule has 0 amide bonds. The van der Waals surface area contributed by atoms with Crippen molar-refractivity contribution in [1.82, 2.24) is 0 Å². The van der Waals surface area contributed by atoms with E-state index < -0.39 is 5.54 Å². The van der Waals surface area contributed by atoms with Crippen LogP contribution < -0.4 is 5.73 Å². The van der Waals surface area contributed by atoms with Gasteiger partial charge in [0.25, 0.3) is 0 Å². The smallest absolute Gasteiger partial charge is 0.0636 e. The number of hydrogen-bond donors (Lipinski definition) is 1. The lowest BCUT2D eigenvalue weighted by atomic mass is 9.85. The quantitative estimate of drug-likeness (QED) is 0.743. The third-order valence-corrected chi connectivity index (χ3v) is 3.97. The molecule has 1 nitrogen and oxygen atoms in total. The molecule has 21 heavy (non-hydrogen) atoms.